The summed E-state index contributed by atoms with van der Waals surface area (Å²) in [5, 5.41) is 14.0. The zero-order valence-electron chi connectivity index (χ0n) is 59.7. The van der Waals surface area contributed by atoms with Gasteiger partial charge in [0.15, 0.2) is 11.6 Å². The molecule has 6 aromatic carbocycles. The summed E-state index contributed by atoms with van der Waals surface area (Å²) >= 11 is 0. The molecule has 0 saturated carbocycles. The van der Waals surface area contributed by atoms with Crippen LogP contribution in [0.3, 0.4) is 0 Å². The van der Waals surface area contributed by atoms with E-state index in [0.29, 0.717) is 11.5 Å². The van der Waals surface area contributed by atoms with Crippen molar-refractivity contribution < 1.29 is 26.9 Å². The lowest BCUT2D eigenvalue weighted by Gasteiger charge is -2.46. The molecule has 1 fully saturated rings. The molecule has 6 aliphatic heterocycles. The van der Waals surface area contributed by atoms with Crippen LogP contribution in [0.5, 0.6) is 0 Å². The Morgan fingerprint density at radius 3 is 1.40 bits per heavy atom. The van der Waals surface area contributed by atoms with Gasteiger partial charge in [0.1, 0.15) is 81.5 Å². The van der Waals surface area contributed by atoms with Crippen molar-refractivity contribution in [3.8, 4) is 5.69 Å². The van der Waals surface area contributed by atoms with Crippen molar-refractivity contribution in [3.63, 3.8) is 0 Å². The molecule has 1 unspecified atom stereocenters. The third kappa shape index (κ3) is 11.3. The summed E-state index contributed by atoms with van der Waals surface area (Å²) in [5.74, 6) is 12.8. The van der Waals surface area contributed by atoms with Crippen LogP contribution >= 0.6 is 0 Å². The van der Waals surface area contributed by atoms with Crippen molar-refractivity contribution in [1.29, 1.82) is 0 Å². The highest BCUT2D eigenvalue weighted by atomic mass is 16.3. The van der Waals surface area contributed by atoms with Gasteiger partial charge in [0.2, 0.25) is 11.6 Å². The van der Waals surface area contributed by atoms with E-state index in [-0.39, 0.29) is 39.1 Å². The maximum atomic E-state index is 6.09. The van der Waals surface area contributed by atoms with E-state index >= 15 is 0 Å². The average Bonchev–Trinajstić information content (AvgIpc) is 1.60. The standard InChI is InChI=1S/C23H20BN5O.C22H21BN3O.C20H27BN2O.C15H15BN3O/c1-16-28(17-8-4-3-5-9-17)22-23(26-13-12-25-22)29(16)27-15-19-18-10-6-7-11-20(18)30-21(19)14-24(27)2;1-16-24(3)22(15-25(16)17-9-5-4-6-10-17)26-14-19-18-11-7-8-12-20(18)27-21(19)13-23(26)2;1-14-19(2,3)13-20(4,5)23(14)22-12-16-15-9-7-8-10-17(15)24-18(16)11-21(22)6;1-16-10-15-13(12-6-3-4-7-14(12)20-15)11-18(16)19-9-5-8-17(19)2/h3-16H,1-2H3;4-15H,1-3H3;7-12,14H,13H2,1-6H3;3-11H,1-2H3/q;+1;;+1/t16-;;;/m0.../s1. The quantitative estimate of drug-likeness (QED) is 0.116. The number of aromatic nitrogens is 6. The minimum Gasteiger partial charge on any atom is -0.457 e. The van der Waals surface area contributed by atoms with Gasteiger partial charge in [-0.25, -0.2) is 29.0 Å². The molecule has 1 saturated heterocycles. The number of para-hydroxylation sites is 6. The van der Waals surface area contributed by atoms with E-state index in [2.05, 4.69) is 270 Å². The highest BCUT2D eigenvalue weighted by Crippen LogP contribution is 2.47. The van der Waals surface area contributed by atoms with E-state index < -0.39 is 0 Å². The summed E-state index contributed by atoms with van der Waals surface area (Å²) in [6.07, 6.45) is 19.8. The predicted octanol–water partition coefficient (Wildman–Crippen LogP) is 9.32. The SMILES string of the molecule is CB1C=c2oc3ccccc3c2=CN1N1C(C)C(C)(C)CC1(C)C.CB1C=c2oc3ccccc3c2=CN1N1c2nccnc2N(c2ccccc2)[C@@H]1C.CB1C=c2oc3ccccc3c2=CN1c1cn(-c2ccccc2)c(C)[n+]1C.CB1C=c2oc3ccccc3c2=CN1n1ccc[n+]1C. The highest BCUT2D eigenvalue weighted by Gasteiger charge is 2.52. The minimum atomic E-state index is 0.0108. The Labute approximate surface area is 588 Å². The van der Waals surface area contributed by atoms with Crippen LogP contribution < -0.4 is 71.4 Å². The van der Waals surface area contributed by atoms with Crippen LogP contribution in [0.15, 0.2) is 212 Å². The Kier molecular flexibility index (Phi) is 16.2. The first kappa shape index (κ1) is 64.6. The molecule has 0 spiro atoms. The van der Waals surface area contributed by atoms with Gasteiger partial charge in [-0.15, -0.1) is 0 Å². The molecule has 7 aromatic heterocycles. The molecule has 0 N–H and O–H groups in total. The minimum absolute atomic E-state index is 0.0108. The van der Waals surface area contributed by atoms with Gasteiger partial charge in [0, 0.05) is 87.0 Å². The summed E-state index contributed by atoms with van der Waals surface area (Å²) in [4.78, 5) is 22.9. The van der Waals surface area contributed by atoms with Crippen LogP contribution in [-0.2, 0) is 14.1 Å². The van der Waals surface area contributed by atoms with Crippen LogP contribution in [0.25, 0.3) is 98.3 Å². The summed E-state index contributed by atoms with van der Waals surface area (Å²) in [5.41, 5.74) is 10.3. The lowest BCUT2D eigenvalue weighted by molar-refractivity contribution is -0.750. The Morgan fingerprint density at radius 2 is 0.911 bits per heavy atom. The number of nitrogens with zero attached hydrogens (tertiary/aromatic N) is 13. The number of rotatable bonds is 6. The average molecular weight is 1330 g/mol. The molecule has 6 aliphatic rings. The van der Waals surface area contributed by atoms with Gasteiger partial charge in [0.25, 0.3) is 6.85 Å². The second-order valence-corrected chi connectivity index (χ2v) is 28.8. The smallest absolute Gasteiger partial charge is 0.428 e. The molecule has 13 aromatic rings. The summed E-state index contributed by atoms with van der Waals surface area (Å²) < 4.78 is 30.6. The van der Waals surface area contributed by atoms with E-state index in [1.165, 1.54) is 28.5 Å². The second kappa shape index (κ2) is 25.3. The molecule has 0 aliphatic carbocycles. The first-order valence-corrected chi connectivity index (χ1v) is 35.2. The van der Waals surface area contributed by atoms with Crippen LogP contribution in [0, 0.1) is 12.3 Å². The van der Waals surface area contributed by atoms with Crippen molar-refractivity contribution in [3.05, 3.63) is 243 Å². The van der Waals surface area contributed by atoms with Crippen molar-refractivity contribution in [1.82, 2.24) is 34.2 Å². The van der Waals surface area contributed by atoms with Crippen molar-refractivity contribution in [2.75, 3.05) is 19.6 Å². The second-order valence-electron chi connectivity index (χ2n) is 28.8. The fourth-order valence-electron chi connectivity index (χ4n) is 16.0. The van der Waals surface area contributed by atoms with Crippen LogP contribution in [0.1, 0.15) is 53.8 Å². The number of aryl methyl sites for hydroxylation is 1. The van der Waals surface area contributed by atoms with Gasteiger partial charge in [-0.3, -0.25) is 5.01 Å². The number of hydrogen-bond acceptors (Lipinski definition) is 13. The molecule has 0 bridgehead atoms. The van der Waals surface area contributed by atoms with Gasteiger partial charge >= 0.3 is 20.5 Å². The van der Waals surface area contributed by atoms with Crippen LogP contribution in [-0.4, -0.2) is 79.3 Å². The molecule has 502 valence electrons. The van der Waals surface area contributed by atoms with Gasteiger partial charge in [-0.2, -0.15) is 4.68 Å². The Morgan fingerprint density at radius 1 is 0.485 bits per heavy atom. The molecule has 21 heteroatoms. The Bertz CT molecular complexity index is 5890. The predicted molar refractivity (Wildman–Crippen MR) is 412 cm³/mol. The lowest BCUT2D eigenvalue weighted by Crippen LogP contribution is -2.58. The number of fused-ring (bicyclic) bond motifs is 13. The first-order chi connectivity index (χ1) is 48.8. The zero-order chi connectivity index (χ0) is 69.8. The fraction of sp³-hybridized carbons (Fsp3) is 0.225. The maximum Gasteiger partial charge on any atom is 0.428 e. The van der Waals surface area contributed by atoms with E-state index in [9.17, 15) is 0 Å². The fourth-order valence-corrected chi connectivity index (χ4v) is 16.0. The number of anilines is 4. The Hall–Kier alpha value is -11.0. The molecule has 0 amide bonds. The van der Waals surface area contributed by atoms with E-state index in [1.54, 1.807) is 12.4 Å². The normalized spacial score (nSPS) is 17.7. The van der Waals surface area contributed by atoms with Gasteiger partial charge in [-0.05, 0) is 126 Å². The van der Waals surface area contributed by atoms with Crippen LogP contribution in [0.2, 0.25) is 27.3 Å². The molecule has 19 rings (SSSR count). The third-order valence-electron chi connectivity index (χ3n) is 21.1. The van der Waals surface area contributed by atoms with Crippen LogP contribution in [0.4, 0.5) is 23.1 Å². The number of furan rings is 4. The van der Waals surface area contributed by atoms with Gasteiger partial charge in [0.05, 0.1) is 29.9 Å². The number of hydrogen-bond donors (Lipinski definition) is 0. The zero-order valence-corrected chi connectivity index (χ0v) is 59.7. The Balaban J connectivity index is 0.000000106. The summed E-state index contributed by atoms with van der Waals surface area (Å²) in [7, 11) is 4.15. The van der Waals surface area contributed by atoms with E-state index in [4.69, 9.17) is 22.7 Å². The van der Waals surface area contributed by atoms with Crippen molar-refractivity contribution in [2.24, 2.45) is 19.5 Å². The van der Waals surface area contributed by atoms with Crippen molar-refractivity contribution >= 4 is 143 Å². The van der Waals surface area contributed by atoms with E-state index in [0.717, 1.165) is 98.9 Å². The first-order valence-electron chi connectivity index (χ1n) is 35.2. The molecular weight excluding hydrogens is 1250 g/mol. The lowest BCUT2D eigenvalue weighted by atomic mass is 9.62. The number of hydrazine groups is 2. The van der Waals surface area contributed by atoms with E-state index in [1.807, 2.05) is 109 Å². The molecular formula is C80H83B4N13O4+2. The number of benzene rings is 6. The highest BCUT2D eigenvalue weighted by molar-refractivity contribution is 6.77. The van der Waals surface area contributed by atoms with Gasteiger partial charge in [-0.1, -0.05) is 141 Å². The monoisotopic (exact) mass is 1330 g/mol. The third-order valence-corrected chi connectivity index (χ3v) is 21.1. The molecule has 17 nitrogen and oxygen atoms in total. The summed E-state index contributed by atoms with van der Waals surface area (Å²) in [6.45, 7) is 25.8. The molecule has 2 atom stereocenters. The van der Waals surface area contributed by atoms with Gasteiger partial charge < -0.3 is 37.2 Å². The molecule has 13 heterocycles. The molecule has 0 radical (unpaired) electrons. The molecule has 101 heavy (non-hydrogen) atoms. The van der Waals surface area contributed by atoms with Crippen molar-refractivity contribution in [2.45, 2.75) is 99.9 Å². The number of imidazole rings is 1. The largest absolute Gasteiger partial charge is 0.457 e. The topological polar surface area (TPSA) is 119 Å². The summed E-state index contributed by atoms with van der Waals surface area (Å²) in [6, 6.07) is 56.2. The maximum absolute atomic E-state index is 6.09.